The van der Waals surface area contributed by atoms with E-state index in [0.29, 0.717) is 18.4 Å². The molecular formula is C30H41N5O3. The Bertz CT molecular complexity index is 1190. The smallest absolute Gasteiger partial charge is 0.219 e. The lowest BCUT2D eigenvalue weighted by molar-refractivity contribution is -0.130. The van der Waals surface area contributed by atoms with Gasteiger partial charge in [-0.05, 0) is 91.4 Å². The van der Waals surface area contributed by atoms with Crippen LogP contribution in [0.5, 0.6) is 5.75 Å². The normalized spacial score (nSPS) is 24.0. The maximum atomic E-state index is 11.7. The van der Waals surface area contributed by atoms with E-state index in [-0.39, 0.29) is 5.91 Å². The highest BCUT2D eigenvalue weighted by molar-refractivity contribution is 5.81. The van der Waals surface area contributed by atoms with Gasteiger partial charge in [-0.15, -0.1) is 0 Å². The number of nitrogens with zero attached hydrogens (tertiary/aromatic N) is 3. The molecule has 204 valence electrons. The second kappa shape index (κ2) is 10.9. The molecule has 0 bridgehead atoms. The summed E-state index contributed by atoms with van der Waals surface area (Å²) < 4.78 is 5.54. The average molecular weight is 520 g/mol. The fourth-order valence-corrected chi connectivity index (χ4v) is 5.74. The van der Waals surface area contributed by atoms with Gasteiger partial charge in [-0.25, -0.2) is 4.99 Å². The second-order valence-corrected chi connectivity index (χ2v) is 11.3. The zero-order valence-electron chi connectivity index (χ0n) is 22.8. The minimum atomic E-state index is -0.885. The molecule has 8 nitrogen and oxygen atoms in total. The van der Waals surface area contributed by atoms with Crippen LogP contribution >= 0.6 is 0 Å². The molecule has 1 saturated carbocycles. The van der Waals surface area contributed by atoms with Crippen molar-refractivity contribution in [3.63, 3.8) is 0 Å². The molecule has 5 rings (SSSR count). The van der Waals surface area contributed by atoms with Crippen LogP contribution in [0.3, 0.4) is 0 Å². The summed E-state index contributed by atoms with van der Waals surface area (Å²) in [5.41, 5.74) is 9.80. The van der Waals surface area contributed by atoms with Gasteiger partial charge in [0.05, 0.1) is 7.11 Å². The number of piperidine rings is 1. The van der Waals surface area contributed by atoms with Gasteiger partial charge in [0.1, 0.15) is 11.3 Å². The van der Waals surface area contributed by atoms with Crippen molar-refractivity contribution >= 4 is 11.9 Å². The lowest BCUT2D eigenvalue weighted by atomic mass is 9.87. The van der Waals surface area contributed by atoms with Crippen LogP contribution in [0.15, 0.2) is 47.5 Å². The molecule has 2 fully saturated rings. The predicted molar refractivity (Wildman–Crippen MR) is 150 cm³/mol. The molecule has 2 aliphatic heterocycles. The Kier molecular flexibility index (Phi) is 7.63. The van der Waals surface area contributed by atoms with Gasteiger partial charge < -0.3 is 30.7 Å². The molecule has 1 aliphatic carbocycles. The first-order chi connectivity index (χ1) is 18.3. The number of nitrogens with two attached hydrogens (primary N) is 1. The summed E-state index contributed by atoms with van der Waals surface area (Å²) in [6.07, 6.45) is 3.58. The standard InChI is InChI=1S/C30H41N5O3/c1-20(36)34-13-11-22(12-14-34)19-35-28(37)30(2,33-29(35)31)25-6-4-5-23(15-25)27-16-26(38-3)10-9-24(27)18-32-17-21-7-8-21/h4-6,9-10,15-16,21-22,28,32,37H,7-8,11-14,17-19H2,1-3H3,(H2,31,33). The van der Waals surface area contributed by atoms with Gasteiger partial charge in [-0.1, -0.05) is 24.3 Å². The van der Waals surface area contributed by atoms with Crippen LogP contribution in [0.1, 0.15) is 50.7 Å². The number of aliphatic imine (C=N–C) groups is 1. The topological polar surface area (TPSA) is 103 Å². The van der Waals surface area contributed by atoms with Crippen LogP contribution in [0.2, 0.25) is 0 Å². The predicted octanol–water partition coefficient (Wildman–Crippen LogP) is 3.28. The van der Waals surface area contributed by atoms with Crippen LogP contribution in [0.25, 0.3) is 11.1 Å². The monoisotopic (exact) mass is 519 g/mol. The molecule has 4 N–H and O–H groups in total. The Labute approximate surface area is 225 Å². The van der Waals surface area contributed by atoms with E-state index in [0.717, 1.165) is 67.4 Å². The van der Waals surface area contributed by atoms with Crippen LogP contribution in [-0.4, -0.2) is 66.3 Å². The number of carbonyl (C=O) groups excluding carboxylic acids is 1. The molecule has 0 spiro atoms. The first-order valence-corrected chi connectivity index (χ1v) is 13.8. The lowest BCUT2D eigenvalue weighted by Crippen LogP contribution is -2.49. The number of methoxy groups -OCH3 is 1. The van der Waals surface area contributed by atoms with Gasteiger partial charge in [-0.2, -0.15) is 0 Å². The number of likely N-dealkylation sites (tertiary alicyclic amines) is 1. The van der Waals surface area contributed by atoms with E-state index < -0.39 is 11.8 Å². The van der Waals surface area contributed by atoms with Gasteiger partial charge in [0.25, 0.3) is 0 Å². The number of guanidine groups is 1. The van der Waals surface area contributed by atoms with Crippen LogP contribution in [0, 0.1) is 11.8 Å². The molecule has 8 heteroatoms. The van der Waals surface area contributed by atoms with Crippen molar-refractivity contribution in [3.05, 3.63) is 53.6 Å². The molecule has 2 heterocycles. The molecule has 0 radical (unpaired) electrons. The van der Waals surface area contributed by atoms with E-state index in [4.69, 9.17) is 15.5 Å². The Morgan fingerprint density at radius 1 is 1.16 bits per heavy atom. The van der Waals surface area contributed by atoms with E-state index in [1.165, 1.54) is 18.4 Å². The number of amides is 1. The summed E-state index contributed by atoms with van der Waals surface area (Å²) in [7, 11) is 1.69. The number of aliphatic hydroxyl groups excluding tert-OH is 1. The summed E-state index contributed by atoms with van der Waals surface area (Å²) in [5.74, 6) is 2.47. The number of aliphatic hydroxyl groups is 1. The third-order valence-corrected chi connectivity index (χ3v) is 8.47. The molecule has 1 saturated heterocycles. The minimum Gasteiger partial charge on any atom is -0.497 e. The fraction of sp³-hybridized carbons (Fsp3) is 0.533. The number of rotatable bonds is 9. The molecule has 2 aromatic rings. The van der Waals surface area contributed by atoms with Gasteiger partial charge in [-0.3, -0.25) is 4.79 Å². The first kappa shape index (κ1) is 26.5. The van der Waals surface area contributed by atoms with Crippen molar-refractivity contribution in [1.82, 2.24) is 15.1 Å². The lowest BCUT2D eigenvalue weighted by Gasteiger charge is -2.36. The molecule has 2 aromatic carbocycles. The Morgan fingerprint density at radius 3 is 2.61 bits per heavy atom. The third kappa shape index (κ3) is 5.52. The highest BCUT2D eigenvalue weighted by atomic mass is 16.5. The van der Waals surface area contributed by atoms with E-state index >= 15 is 0 Å². The van der Waals surface area contributed by atoms with E-state index in [2.05, 4.69) is 29.6 Å². The number of hydrogen-bond donors (Lipinski definition) is 3. The number of carbonyl (C=O) groups is 1. The van der Waals surface area contributed by atoms with Gasteiger partial charge in [0, 0.05) is 33.1 Å². The fourth-order valence-electron chi connectivity index (χ4n) is 5.74. The molecule has 38 heavy (non-hydrogen) atoms. The average Bonchev–Trinajstić information content (AvgIpc) is 3.72. The largest absolute Gasteiger partial charge is 0.497 e. The molecule has 3 aliphatic rings. The van der Waals surface area contributed by atoms with Crippen molar-refractivity contribution in [1.29, 1.82) is 0 Å². The number of ether oxygens (including phenoxy) is 1. The first-order valence-electron chi connectivity index (χ1n) is 13.8. The maximum absolute atomic E-state index is 11.7. The maximum Gasteiger partial charge on any atom is 0.219 e. The molecular weight excluding hydrogens is 478 g/mol. The van der Waals surface area contributed by atoms with E-state index in [9.17, 15) is 9.90 Å². The second-order valence-electron chi connectivity index (χ2n) is 11.3. The zero-order valence-corrected chi connectivity index (χ0v) is 22.8. The molecule has 1 amide bonds. The SMILES string of the molecule is COc1ccc(CNCC2CC2)c(-c2cccc(C3(C)N=C(N)N(CC4CCN(C(C)=O)CC4)C3O)c2)c1. The van der Waals surface area contributed by atoms with Crippen LogP contribution in [0.4, 0.5) is 0 Å². The Balaban J connectivity index is 1.35. The van der Waals surface area contributed by atoms with Crippen molar-refractivity contribution in [2.45, 2.75) is 57.8 Å². The van der Waals surface area contributed by atoms with Crippen LogP contribution in [-0.2, 0) is 16.9 Å². The Hall–Kier alpha value is -3.10. The van der Waals surface area contributed by atoms with Crippen molar-refractivity contribution in [3.8, 4) is 16.9 Å². The third-order valence-electron chi connectivity index (χ3n) is 8.47. The van der Waals surface area contributed by atoms with Crippen molar-refractivity contribution in [2.75, 3.05) is 33.3 Å². The van der Waals surface area contributed by atoms with E-state index in [1.54, 1.807) is 14.0 Å². The number of hydrogen-bond acceptors (Lipinski definition) is 7. The summed E-state index contributed by atoms with van der Waals surface area (Å²) in [6, 6.07) is 14.5. The minimum absolute atomic E-state index is 0.121. The Morgan fingerprint density at radius 2 is 1.92 bits per heavy atom. The highest BCUT2D eigenvalue weighted by Gasteiger charge is 2.46. The van der Waals surface area contributed by atoms with Crippen LogP contribution < -0.4 is 15.8 Å². The van der Waals surface area contributed by atoms with Gasteiger partial charge >= 0.3 is 0 Å². The molecule has 2 unspecified atom stereocenters. The van der Waals surface area contributed by atoms with Crippen molar-refractivity contribution in [2.24, 2.45) is 22.6 Å². The summed E-state index contributed by atoms with van der Waals surface area (Å²) in [4.78, 5) is 20.2. The van der Waals surface area contributed by atoms with Crippen molar-refractivity contribution < 1.29 is 14.6 Å². The van der Waals surface area contributed by atoms with Gasteiger partial charge in [0.15, 0.2) is 12.2 Å². The highest BCUT2D eigenvalue weighted by Crippen LogP contribution is 2.39. The zero-order chi connectivity index (χ0) is 26.9. The van der Waals surface area contributed by atoms with E-state index in [1.807, 2.05) is 34.9 Å². The molecule has 0 aromatic heterocycles. The number of nitrogens with one attached hydrogen (secondary N) is 1. The quantitative estimate of drug-likeness (QED) is 0.470. The summed E-state index contributed by atoms with van der Waals surface area (Å²) in [6.45, 7) is 7.54. The number of benzene rings is 2. The van der Waals surface area contributed by atoms with Gasteiger partial charge in [0.2, 0.25) is 5.91 Å². The summed E-state index contributed by atoms with van der Waals surface area (Å²) in [5, 5.41) is 15.1. The molecule has 2 atom stereocenters. The summed E-state index contributed by atoms with van der Waals surface area (Å²) >= 11 is 0.